The van der Waals surface area contributed by atoms with E-state index in [0.717, 1.165) is 30.5 Å². The van der Waals surface area contributed by atoms with Crippen molar-refractivity contribution in [1.82, 2.24) is 4.90 Å². The van der Waals surface area contributed by atoms with Crippen LogP contribution in [0.15, 0.2) is 48.5 Å². The normalized spacial score (nSPS) is 11.8. The first-order valence-electron chi connectivity index (χ1n) is 8.68. The van der Waals surface area contributed by atoms with Gasteiger partial charge in [0.15, 0.2) is 0 Å². The van der Waals surface area contributed by atoms with Crippen LogP contribution in [-0.4, -0.2) is 45.9 Å². The highest BCUT2D eigenvalue weighted by atomic mass is 32.2. The standard InChI is InChI=1S/C19H21F3N2O5S/c1-28-11-10-24(13-14-4-3-5-17(12-14)29-30(2,26)27)18(25)23-16-8-6-15(7-9-16)19(20,21)22/h3-9,12H,10-11,13H2,1-2H3,(H,23,25). The fourth-order valence-electron chi connectivity index (χ4n) is 2.49. The Morgan fingerprint density at radius 1 is 1.13 bits per heavy atom. The molecule has 0 bridgehead atoms. The number of nitrogens with zero attached hydrogens (tertiary/aromatic N) is 1. The van der Waals surface area contributed by atoms with E-state index in [-0.39, 0.29) is 31.1 Å². The van der Waals surface area contributed by atoms with Gasteiger partial charge in [-0.25, -0.2) is 4.79 Å². The third kappa shape index (κ3) is 7.56. The van der Waals surface area contributed by atoms with Gasteiger partial charge in [-0.2, -0.15) is 21.6 Å². The summed E-state index contributed by atoms with van der Waals surface area (Å²) in [6, 6.07) is 9.73. The Bertz CT molecular complexity index is 963. The maximum atomic E-state index is 12.7. The number of ether oxygens (including phenoxy) is 1. The highest BCUT2D eigenvalue weighted by Gasteiger charge is 2.30. The van der Waals surface area contributed by atoms with Crippen molar-refractivity contribution < 1.29 is 35.3 Å². The minimum atomic E-state index is -4.47. The average Bonchev–Trinajstić information content (AvgIpc) is 2.63. The summed E-state index contributed by atoms with van der Waals surface area (Å²) >= 11 is 0. The summed E-state index contributed by atoms with van der Waals surface area (Å²) in [5.74, 6) is 0.102. The van der Waals surface area contributed by atoms with Crippen molar-refractivity contribution in [3.05, 3.63) is 59.7 Å². The van der Waals surface area contributed by atoms with E-state index in [0.29, 0.717) is 5.56 Å². The highest BCUT2D eigenvalue weighted by Crippen LogP contribution is 2.29. The molecule has 0 aromatic heterocycles. The molecule has 0 saturated heterocycles. The molecule has 0 radical (unpaired) electrons. The first-order valence-corrected chi connectivity index (χ1v) is 10.5. The predicted molar refractivity (Wildman–Crippen MR) is 105 cm³/mol. The molecule has 164 valence electrons. The lowest BCUT2D eigenvalue weighted by atomic mass is 10.2. The third-order valence-electron chi connectivity index (χ3n) is 3.84. The Morgan fingerprint density at radius 2 is 1.80 bits per heavy atom. The van der Waals surface area contributed by atoms with E-state index < -0.39 is 27.9 Å². The van der Waals surface area contributed by atoms with Gasteiger partial charge in [0.25, 0.3) is 0 Å². The summed E-state index contributed by atoms with van der Waals surface area (Å²) in [5.41, 5.74) is -0.0289. The van der Waals surface area contributed by atoms with Crippen molar-refractivity contribution in [3.8, 4) is 5.75 Å². The summed E-state index contributed by atoms with van der Waals surface area (Å²) in [6.45, 7) is 0.511. The van der Waals surface area contributed by atoms with Crippen molar-refractivity contribution in [2.24, 2.45) is 0 Å². The number of benzene rings is 2. The number of halogens is 3. The van der Waals surface area contributed by atoms with Gasteiger partial charge < -0.3 is 19.1 Å². The van der Waals surface area contributed by atoms with E-state index >= 15 is 0 Å². The Hall–Kier alpha value is -2.79. The number of alkyl halides is 3. The van der Waals surface area contributed by atoms with Crippen LogP contribution in [0, 0.1) is 0 Å². The molecule has 7 nitrogen and oxygen atoms in total. The van der Waals surface area contributed by atoms with Gasteiger partial charge in [0.05, 0.1) is 18.4 Å². The largest absolute Gasteiger partial charge is 0.416 e. The zero-order chi connectivity index (χ0) is 22.4. The van der Waals surface area contributed by atoms with E-state index in [1.54, 1.807) is 12.1 Å². The molecule has 0 aliphatic rings. The molecule has 2 aromatic carbocycles. The summed E-state index contributed by atoms with van der Waals surface area (Å²) in [7, 11) is -2.24. The first-order chi connectivity index (χ1) is 14.0. The molecule has 0 spiro atoms. The van der Waals surface area contributed by atoms with Crippen molar-refractivity contribution in [2.75, 3.05) is 31.8 Å². The zero-order valence-electron chi connectivity index (χ0n) is 16.3. The molecular formula is C19H21F3N2O5S. The minimum absolute atomic E-state index is 0.0940. The number of carbonyl (C=O) groups excluding carboxylic acids is 1. The maximum absolute atomic E-state index is 12.7. The number of methoxy groups -OCH3 is 1. The number of amides is 2. The number of carbonyl (C=O) groups is 1. The minimum Gasteiger partial charge on any atom is -0.383 e. The number of nitrogens with one attached hydrogen (secondary N) is 1. The van der Waals surface area contributed by atoms with Gasteiger partial charge in [-0.3, -0.25) is 0 Å². The fourth-order valence-corrected chi connectivity index (χ4v) is 2.94. The smallest absolute Gasteiger partial charge is 0.383 e. The number of hydrogen-bond acceptors (Lipinski definition) is 5. The van der Waals surface area contributed by atoms with Gasteiger partial charge in [-0.05, 0) is 42.0 Å². The van der Waals surface area contributed by atoms with Gasteiger partial charge in [-0.15, -0.1) is 0 Å². The van der Waals surface area contributed by atoms with Crippen molar-refractivity contribution in [1.29, 1.82) is 0 Å². The first kappa shape index (κ1) is 23.5. The van der Waals surface area contributed by atoms with Crippen LogP contribution in [0.25, 0.3) is 0 Å². The van der Waals surface area contributed by atoms with E-state index in [2.05, 4.69) is 5.32 Å². The average molecular weight is 446 g/mol. The monoisotopic (exact) mass is 446 g/mol. The van der Waals surface area contributed by atoms with E-state index in [1.165, 1.54) is 24.1 Å². The van der Waals surface area contributed by atoms with Crippen molar-refractivity contribution in [3.63, 3.8) is 0 Å². The number of hydrogen-bond donors (Lipinski definition) is 1. The van der Waals surface area contributed by atoms with Crippen LogP contribution in [0.5, 0.6) is 5.75 Å². The summed E-state index contributed by atoms with van der Waals surface area (Å²) in [4.78, 5) is 14.0. The van der Waals surface area contributed by atoms with Gasteiger partial charge in [0, 0.05) is 25.9 Å². The zero-order valence-corrected chi connectivity index (χ0v) is 17.1. The van der Waals surface area contributed by atoms with Crippen LogP contribution in [0.2, 0.25) is 0 Å². The predicted octanol–water partition coefficient (Wildman–Crippen LogP) is 3.72. The summed E-state index contributed by atoms with van der Waals surface area (Å²) in [6.07, 6.45) is -3.55. The Labute approximate surface area is 172 Å². The van der Waals surface area contributed by atoms with Crippen LogP contribution in [-0.2, 0) is 27.6 Å². The second-order valence-electron chi connectivity index (χ2n) is 6.35. The van der Waals surface area contributed by atoms with Crippen LogP contribution in [0.3, 0.4) is 0 Å². The van der Waals surface area contributed by atoms with Crippen LogP contribution in [0.1, 0.15) is 11.1 Å². The van der Waals surface area contributed by atoms with Crippen LogP contribution >= 0.6 is 0 Å². The lowest BCUT2D eigenvalue weighted by molar-refractivity contribution is -0.137. The Balaban J connectivity index is 2.13. The van der Waals surface area contributed by atoms with Crippen LogP contribution in [0.4, 0.5) is 23.7 Å². The molecule has 0 atom stereocenters. The number of urea groups is 1. The third-order valence-corrected chi connectivity index (χ3v) is 4.33. The fraction of sp³-hybridized carbons (Fsp3) is 0.316. The van der Waals surface area contributed by atoms with E-state index in [4.69, 9.17) is 8.92 Å². The topological polar surface area (TPSA) is 84.9 Å². The van der Waals surface area contributed by atoms with Crippen LogP contribution < -0.4 is 9.50 Å². The molecule has 0 unspecified atom stereocenters. The second kappa shape index (κ2) is 9.81. The molecule has 2 rings (SSSR count). The molecule has 11 heteroatoms. The quantitative estimate of drug-likeness (QED) is 0.625. The summed E-state index contributed by atoms with van der Waals surface area (Å²) < 4.78 is 70.4. The maximum Gasteiger partial charge on any atom is 0.416 e. The number of anilines is 1. The Morgan fingerprint density at radius 3 is 2.37 bits per heavy atom. The van der Waals surface area contributed by atoms with Gasteiger partial charge in [0.2, 0.25) is 0 Å². The molecule has 0 heterocycles. The second-order valence-corrected chi connectivity index (χ2v) is 7.93. The van der Waals surface area contributed by atoms with E-state index in [9.17, 15) is 26.4 Å². The highest BCUT2D eigenvalue weighted by molar-refractivity contribution is 7.86. The molecule has 0 fully saturated rings. The van der Waals surface area contributed by atoms with Gasteiger partial charge in [0.1, 0.15) is 5.75 Å². The molecule has 0 aliphatic carbocycles. The molecule has 2 aromatic rings. The molecule has 0 aliphatic heterocycles. The molecule has 2 amide bonds. The molecule has 0 saturated carbocycles. The van der Waals surface area contributed by atoms with Crippen molar-refractivity contribution >= 4 is 21.8 Å². The van der Waals surface area contributed by atoms with Gasteiger partial charge in [-0.1, -0.05) is 12.1 Å². The molecular weight excluding hydrogens is 425 g/mol. The Kier molecular flexibility index (Phi) is 7.68. The lowest BCUT2D eigenvalue weighted by Gasteiger charge is -2.23. The number of rotatable bonds is 8. The summed E-state index contributed by atoms with van der Waals surface area (Å²) in [5, 5.41) is 2.54. The molecule has 30 heavy (non-hydrogen) atoms. The molecule has 1 N–H and O–H groups in total. The van der Waals surface area contributed by atoms with Gasteiger partial charge >= 0.3 is 22.3 Å². The van der Waals surface area contributed by atoms with E-state index in [1.807, 2.05) is 0 Å². The lowest BCUT2D eigenvalue weighted by Crippen LogP contribution is -2.36. The van der Waals surface area contributed by atoms with Crippen molar-refractivity contribution in [2.45, 2.75) is 12.7 Å². The SMILES string of the molecule is COCCN(Cc1cccc(OS(C)(=O)=O)c1)C(=O)Nc1ccc(C(F)(F)F)cc1.